The van der Waals surface area contributed by atoms with Gasteiger partial charge in [0.15, 0.2) is 0 Å². The summed E-state index contributed by atoms with van der Waals surface area (Å²) in [6.45, 7) is 4.92. The van der Waals surface area contributed by atoms with Crippen molar-refractivity contribution < 1.29 is 24.5 Å². The van der Waals surface area contributed by atoms with E-state index in [1.807, 2.05) is 0 Å². The smallest absolute Gasteiger partial charge is 0.305 e. The lowest BCUT2D eigenvalue weighted by atomic mass is 10.0. The van der Waals surface area contributed by atoms with E-state index in [0.717, 1.165) is 44.9 Å². The zero-order chi connectivity index (χ0) is 47.9. The molecule has 0 fully saturated rings. The molecule has 1 amide bonds. The third-order valence-corrected chi connectivity index (χ3v) is 13.7. The van der Waals surface area contributed by atoms with Crippen LogP contribution in [-0.4, -0.2) is 47.4 Å². The van der Waals surface area contributed by atoms with Gasteiger partial charge in [0.2, 0.25) is 5.91 Å². The number of hydrogen-bond acceptors (Lipinski definition) is 5. The third-order valence-electron chi connectivity index (χ3n) is 13.7. The Morgan fingerprint density at radius 1 is 0.409 bits per heavy atom. The molecule has 66 heavy (non-hydrogen) atoms. The van der Waals surface area contributed by atoms with Gasteiger partial charge in [-0.2, -0.15) is 0 Å². The Labute approximate surface area is 411 Å². The Morgan fingerprint density at radius 3 is 1.12 bits per heavy atom. The van der Waals surface area contributed by atoms with E-state index in [4.69, 9.17) is 4.74 Å². The van der Waals surface area contributed by atoms with Gasteiger partial charge in [-0.1, -0.05) is 263 Å². The van der Waals surface area contributed by atoms with Crippen LogP contribution in [0.25, 0.3) is 0 Å². The number of amides is 1. The van der Waals surface area contributed by atoms with E-state index in [1.165, 1.54) is 244 Å². The molecule has 0 radical (unpaired) electrons. The van der Waals surface area contributed by atoms with Gasteiger partial charge in [0, 0.05) is 12.8 Å². The van der Waals surface area contributed by atoms with Crippen molar-refractivity contribution in [2.45, 2.75) is 334 Å². The second-order valence-electron chi connectivity index (χ2n) is 20.3. The number of esters is 1. The summed E-state index contributed by atoms with van der Waals surface area (Å²) < 4.78 is 5.45. The quantitative estimate of drug-likeness (QED) is 0.0321. The van der Waals surface area contributed by atoms with Gasteiger partial charge in [0.05, 0.1) is 25.4 Å². The SMILES string of the molecule is CCCC/C=C\CCCCCCCC(=O)OCCCCCCCCCCC/C=C\CCCCCCCCCC(=O)NC(CO)C(O)CCCCCCCCCCCCCCCCCCCC. The molecule has 0 rings (SSSR count). The molecule has 390 valence electrons. The topological polar surface area (TPSA) is 95.9 Å². The number of hydrogen-bond donors (Lipinski definition) is 3. The number of carbonyl (C=O) groups excluding carboxylic acids is 2. The first-order chi connectivity index (χ1) is 32.5. The van der Waals surface area contributed by atoms with Crippen LogP contribution in [0.2, 0.25) is 0 Å². The molecule has 3 N–H and O–H groups in total. The predicted octanol–water partition coefficient (Wildman–Crippen LogP) is 18.2. The average Bonchev–Trinajstić information content (AvgIpc) is 3.32. The molecule has 6 nitrogen and oxygen atoms in total. The summed E-state index contributed by atoms with van der Waals surface area (Å²) in [4.78, 5) is 24.5. The van der Waals surface area contributed by atoms with Gasteiger partial charge < -0.3 is 20.3 Å². The van der Waals surface area contributed by atoms with Crippen LogP contribution in [0.5, 0.6) is 0 Å². The Hall–Kier alpha value is -1.66. The van der Waals surface area contributed by atoms with Crippen LogP contribution < -0.4 is 5.32 Å². The van der Waals surface area contributed by atoms with Crippen molar-refractivity contribution in [3.05, 3.63) is 24.3 Å². The summed E-state index contributed by atoms with van der Waals surface area (Å²) in [5.41, 5.74) is 0. The molecule has 0 aromatic carbocycles. The van der Waals surface area contributed by atoms with Crippen molar-refractivity contribution in [2.24, 2.45) is 0 Å². The summed E-state index contributed by atoms with van der Waals surface area (Å²) in [5.74, 6) is -0.0461. The van der Waals surface area contributed by atoms with Crippen LogP contribution >= 0.6 is 0 Å². The largest absolute Gasteiger partial charge is 0.466 e. The molecule has 0 heterocycles. The lowest BCUT2D eigenvalue weighted by Crippen LogP contribution is -2.45. The Kier molecular flexibility index (Phi) is 54.5. The lowest BCUT2D eigenvalue weighted by molar-refractivity contribution is -0.143. The second kappa shape index (κ2) is 55.9. The molecule has 2 atom stereocenters. The molecular weight excluding hydrogens is 815 g/mol. The fraction of sp³-hybridized carbons (Fsp3) is 0.900. The van der Waals surface area contributed by atoms with Gasteiger partial charge in [-0.05, 0) is 70.6 Å². The van der Waals surface area contributed by atoms with E-state index in [-0.39, 0.29) is 18.5 Å². The fourth-order valence-corrected chi connectivity index (χ4v) is 9.15. The van der Waals surface area contributed by atoms with Crippen LogP contribution in [0, 0.1) is 0 Å². The number of unbranched alkanes of at least 4 members (excludes halogenated alkanes) is 40. The minimum absolute atomic E-state index is 0.00462. The molecule has 0 aromatic rings. The molecule has 0 aromatic heterocycles. The Bertz CT molecular complexity index is 1030. The van der Waals surface area contributed by atoms with Crippen LogP contribution in [-0.2, 0) is 14.3 Å². The van der Waals surface area contributed by atoms with Crippen LogP contribution in [0.15, 0.2) is 24.3 Å². The zero-order valence-corrected chi connectivity index (χ0v) is 44.4. The highest BCUT2D eigenvalue weighted by atomic mass is 16.5. The molecule has 0 aliphatic rings. The first kappa shape index (κ1) is 64.3. The van der Waals surface area contributed by atoms with Gasteiger partial charge in [-0.15, -0.1) is 0 Å². The molecule has 0 bridgehead atoms. The molecular formula is C60H115NO5. The molecule has 2 unspecified atom stereocenters. The van der Waals surface area contributed by atoms with Gasteiger partial charge >= 0.3 is 5.97 Å². The third kappa shape index (κ3) is 51.7. The zero-order valence-electron chi connectivity index (χ0n) is 44.4. The molecule has 0 aliphatic carbocycles. The Balaban J connectivity index is 3.44. The molecule has 0 saturated carbocycles. The van der Waals surface area contributed by atoms with Crippen molar-refractivity contribution in [2.75, 3.05) is 13.2 Å². The second-order valence-corrected chi connectivity index (χ2v) is 20.3. The summed E-state index contributed by atoms with van der Waals surface area (Å²) in [6, 6.07) is -0.548. The van der Waals surface area contributed by atoms with E-state index in [0.29, 0.717) is 25.9 Å². The van der Waals surface area contributed by atoms with Crippen LogP contribution in [0.1, 0.15) is 322 Å². The van der Waals surface area contributed by atoms with Crippen molar-refractivity contribution in [3.8, 4) is 0 Å². The van der Waals surface area contributed by atoms with Crippen molar-refractivity contribution in [1.82, 2.24) is 5.32 Å². The van der Waals surface area contributed by atoms with E-state index < -0.39 is 12.1 Å². The Morgan fingerprint density at radius 2 is 0.727 bits per heavy atom. The maximum Gasteiger partial charge on any atom is 0.305 e. The van der Waals surface area contributed by atoms with Crippen LogP contribution in [0.3, 0.4) is 0 Å². The standard InChI is InChI=1S/C60H115NO5/c1-3-5-7-9-11-13-15-16-17-18-23-26-29-33-36-40-44-48-52-58(63)57(56-62)61-59(64)53-49-45-41-37-34-30-27-24-21-19-20-22-25-28-31-35-39-43-47-51-55-66-60(65)54-50-46-42-38-32-14-12-10-8-6-4-2/h10,12,19,21,57-58,62-63H,3-9,11,13-18,20,22-56H2,1-2H3,(H,61,64)/b12-10-,21-19-. The van der Waals surface area contributed by atoms with Crippen LogP contribution in [0.4, 0.5) is 0 Å². The summed E-state index contributed by atoms with van der Waals surface area (Å²) >= 11 is 0. The van der Waals surface area contributed by atoms with Gasteiger partial charge in [0.25, 0.3) is 0 Å². The number of aliphatic hydroxyl groups is 2. The summed E-state index contributed by atoms with van der Waals surface area (Å²) in [7, 11) is 0. The maximum atomic E-state index is 12.5. The summed E-state index contributed by atoms with van der Waals surface area (Å²) in [5, 5.41) is 23.3. The minimum Gasteiger partial charge on any atom is -0.466 e. The highest BCUT2D eigenvalue weighted by Gasteiger charge is 2.20. The van der Waals surface area contributed by atoms with E-state index in [1.54, 1.807) is 0 Å². The van der Waals surface area contributed by atoms with E-state index >= 15 is 0 Å². The monoisotopic (exact) mass is 930 g/mol. The number of allylic oxidation sites excluding steroid dienone is 4. The first-order valence-electron chi connectivity index (χ1n) is 29.6. The number of carbonyl (C=O) groups is 2. The highest BCUT2D eigenvalue weighted by molar-refractivity contribution is 5.76. The van der Waals surface area contributed by atoms with E-state index in [2.05, 4.69) is 43.5 Å². The number of aliphatic hydroxyl groups excluding tert-OH is 2. The molecule has 0 saturated heterocycles. The van der Waals surface area contributed by atoms with Crippen molar-refractivity contribution in [1.29, 1.82) is 0 Å². The minimum atomic E-state index is -0.670. The number of ether oxygens (including phenoxy) is 1. The number of rotatable bonds is 55. The first-order valence-corrected chi connectivity index (χ1v) is 29.6. The van der Waals surface area contributed by atoms with E-state index in [9.17, 15) is 19.8 Å². The predicted molar refractivity (Wildman–Crippen MR) is 287 cm³/mol. The van der Waals surface area contributed by atoms with Crippen molar-refractivity contribution in [3.63, 3.8) is 0 Å². The molecule has 0 spiro atoms. The lowest BCUT2D eigenvalue weighted by Gasteiger charge is -2.22. The summed E-state index contributed by atoms with van der Waals surface area (Å²) in [6.07, 6.45) is 67.4. The average molecular weight is 931 g/mol. The number of nitrogens with one attached hydrogen (secondary N) is 1. The van der Waals surface area contributed by atoms with Gasteiger partial charge in [-0.3, -0.25) is 9.59 Å². The molecule has 0 aliphatic heterocycles. The fourth-order valence-electron chi connectivity index (χ4n) is 9.15. The van der Waals surface area contributed by atoms with Crippen molar-refractivity contribution >= 4 is 11.9 Å². The molecule has 6 heteroatoms. The maximum absolute atomic E-state index is 12.5. The highest BCUT2D eigenvalue weighted by Crippen LogP contribution is 2.17. The van der Waals surface area contributed by atoms with Gasteiger partial charge in [0.1, 0.15) is 0 Å². The normalized spacial score (nSPS) is 12.7. The van der Waals surface area contributed by atoms with Gasteiger partial charge in [-0.25, -0.2) is 0 Å².